The SMILES string of the molecule is CS(=O)(=O)Nc1cccc(-c2cc(NC3CC3)n3ncc(C=C4NC(=O)NC4=O)c3n2)c1. The van der Waals surface area contributed by atoms with Gasteiger partial charge in [-0.25, -0.2) is 18.2 Å². The van der Waals surface area contributed by atoms with Crippen LogP contribution in [0.4, 0.5) is 16.3 Å². The normalized spacial score (nSPS) is 17.5. The molecule has 11 nitrogen and oxygen atoms in total. The molecule has 3 aromatic rings. The molecule has 2 fully saturated rings. The lowest BCUT2D eigenvalue weighted by Crippen LogP contribution is -2.22. The standard InChI is InChI=1S/C20H19N7O4S/c1-32(30,31)26-14-4-2-3-11(7-14)15-9-17(22-13-5-6-13)27-18(23-15)12(10-21-27)8-16-19(28)25-20(29)24-16/h2-4,7-10,13,22,26H,5-6H2,1H3,(H2,24,25,28,29). The Bertz CT molecular complexity index is 1410. The summed E-state index contributed by atoms with van der Waals surface area (Å²) >= 11 is 0. The summed E-state index contributed by atoms with van der Waals surface area (Å²) in [6, 6.07) is 8.52. The van der Waals surface area contributed by atoms with Crippen molar-refractivity contribution in [3.05, 3.63) is 47.8 Å². The monoisotopic (exact) mass is 453 g/mol. The molecule has 4 N–H and O–H groups in total. The second-order valence-corrected chi connectivity index (χ2v) is 9.45. The quantitative estimate of drug-likeness (QED) is 0.327. The van der Waals surface area contributed by atoms with Gasteiger partial charge in [0.1, 0.15) is 11.5 Å². The largest absolute Gasteiger partial charge is 0.367 e. The molecular weight excluding hydrogens is 434 g/mol. The minimum absolute atomic E-state index is 0.105. The van der Waals surface area contributed by atoms with Gasteiger partial charge in [-0.05, 0) is 31.1 Å². The van der Waals surface area contributed by atoms with Crippen molar-refractivity contribution >= 4 is 45.2 Å². The van der Waals surface area contributed by atoms with Gasteiger partial charge in [0.05, 0.1) is 18.1 Å². The third kappa shape index (κ3) is 4.12. The summed E-state index contributed by atoms with van der Waals surface area (Å²) in [5.74, 6) is 0.194. The van der Waals surface area contributed by atoms with E-state index in [0.717, 1.165) is 24.9 Å². The number of hydrogen-bond acceptors (Lipinski definition) is 7. The van der Waals surface area contributed by atoms with Crippen molar-refractivity contribution in [2.75, 3.05) is 16.3 Å². The lowest BCUT2D eigenvalue weighted by atomic mass is 10.1. The average Bonchev–Trinajstić information content (AvgIpc) is 3.35. The predicted molar refractivity (Wildman–Crippen MR) is 118 cm³/mol. The number of carbonyl (C=O) groups is 2. The molecule has 5 rings (SSSR count). The number of imide groups is 1. The highest BCUT2D eigenvalue weighted by molar-refractivity contribution is 7.92. The maximum atomic E-state index is 11.9. The van der Waals surface area contributed by atoms with Crippen molar-refractivity contribution in [2.24, 2.45) is 0 Å². The van der Waals surface area contributed by atoms with Crippen LogP contribution in [0.5, 0.6) is 0 Å². The molecule has 12 heteroatoms. The van der Waals surface area contributed by atoms with Crippen LogP contribution < -0.4 is 20.7 Å². The molecule has 0 bridgehead atoms. The number of anilines is 2. The molecule has 2 aliphatic rings. The van der Waals surface area contributed by atoms with Crippen molar-refractivity contribution in [3.63, 3.8) is 0 Å². The average molecular weight is 453 g/mol. The third-order valence-corrected chi connectivity index (χ3v) is 5.52. The molecule has 1 aliphatic carbocycles. The zero-order valence-electron chi connectivity index (χ0n) is 16.9. The Morgan fingerprint density at radius 2 is 2.00 bits per heavy atom. The second-order valence-electron chi connectivity index (χ2n) is 7.70. The lowest BCUT2D eigenvalue weighted by molar-refractivity contribution is -0.115. The zero-order chi connectivity index (χ0) is 22.5. The summed E-state index contributed by atoms with van der Waals surface area (Å²) in [5.41, 5.74) is 2.85. The molecule has 0 radical (unpaired) electrons. The van der Waals surface area contributed by atoms with E-state index in [9.17, 15) is 18.0 Å². The Balaban J connectivity index is 1.62. The van der Waals surface area contributed by atoms with Gasteiger partial charge in [0.25, 0.3) is 5.91 Å². The van der Waals surface area contributed by atoms with Crippen molar-refractivity contribution in [2.45, 2.75) is 18.9 Å². The fraction of sp³-hybridized carbons (Fsp3) is 0.200. The molecule has 0 spiro atoms. The first-order chi connectivity index (χ1) is 15.2. The maximum absolute atomic E-state index is 11.9. The summed E-state index contributed by atoms with van der Waals surface area (Å²) in [4.78, 5) is 28.1. The highest BCUT2D eigenvalue weighted by Crippen LogP contribution is 2.30. The molecule has 1 saturated carbocycles. The molecule has 1 saturated heterocycles. The van der Waals surface area contributed by atoms with Crippen molar-refractivity contribution in [1.82, 2.24) is 25.2 Å². The Hall–Kier alpha value is -3.93. The Morgan fingerprint density at radius 1 is 1.19 bits per heavy atom. The van der Waals surface area contributed by atoms with E-state index in [-0.39, 0.29) is 5.70 Å². The van der Waals surface area contributed by atoms with Crippen LogP contribution in [0.1, 0.15) is 18.4 Å². The summed E-state index contributed by atoms with van der Waals surface area (Å²) in [5, 5.41) is 12.4. The van der Waals surface area contributed by atoms with E-state index in [4.69, 9.17) is 4.98 Å². The Labute approximate surface area is 183 Å². The van der Waals surface area contributed by atoms with Crippen LogP contribution >= 0.6 is 0 Å². The van der Waals surface area contributed by atoms with Gasteiger partial charge in [0.2, 0.25) is 10.0 Å². The van der Waals surface area contributed by atoms with Gasteiger partial charge in [-0.1, -0.05) is 12.1 Å². The van der Waals surface area contributed by atoms with Gasteiger partial charge < -0.3 is 10.6 Å². The van der Waals surface area contributed by atoms with Gasteiger partial charge in [0.15, 0.2) is 5.65 Å². The van der Waals surface area contributed by atoms with E-state index in [2.05, 4.69) is 25.8 Å². The summed E-state index contributed by atoms with van der Waals surface area (Å²) in [7, 11) is -3.42. The molecule has 1 aromatic carbocycles. The molecule has 0 unspecified atom stereocenters. The van der Waals surface area contributed by atoms with Crippen molar-refractivity contribution < 1.29 is 18.0 Å². The summed E-state index contributed by atoms with van der Waals surface area (Å²) in [6.07, 6.45) is 6.28. The predicted octanol–water partition coefficient (Wildman–Crippen LogP) is 1.52. The van der Waals surface area contributed by atoms with Crippen LogP contribution in [0.25, 0.3) is 23.0 Å². The Kier molecular flexibility index (Phi) is 4.59. The first-order valence-corrected chi connectivity index (χ1v) is 11.7. The van der Waals surface area contributed by atoms with E-state index < -0.39 is 22.0 Å². The highest BCUT2D eigenvalue weighted by Gasteiger charge is 2.25. The minimum atomic E-state index is -3.42. The van der Waals surface area contributed by atoms with Crippen LogP contribution in [0.2, 0.25) is 0 Å². The molecular formula is C20H19N7O4S. The summed E-state index contributed by atoms with van der Waals surface area (Å²) in [6.45, 7) is 0. The van der Waals surface area contributed by atoms with Gasteiger partial charge >= 0.3 is 6.03 Å². The van der Waals surface area contributed by atoms with Crippen molar-refractivity contribution in [1.29, 1.82) is 0 Å². The summed E-state index contributed by atoms with van der Waals surface area (Å²) < 4.78 is 27.3. The van der Waals surface area contributed by atoms with E-state index in [1.807, 2.05) is 12.1 Å². The number of urea groups is 1. The number of nitrogens with zero attached hydrogens (tertiary/aromatic N) is 3. The highest BCUT2D eigenvalue weighted by atomic mass is 32.2. The molecule has 0 atom stereocenters. The molecule has 164 valence electrons. The first kappa shape index (κ1) is 20.0. The van der Waals surface area contributed by atoms with Crippen LogP contribution in [0, 0.1) is 0 Å². The number of fused-ring (bicyclic) bond motifs is 1. The van der Waals surface area contributed by atoms with Crippen LogP contribution in [-0.2, 0) is 14.8 Å². The lowest BCUT2D eigenvalue weighted by Gasteiger charge is -2.11. The number of nitrogens with one attached hydrogen (secondary N) is 4. The minimum Gasteiger partial charge on any atom is -0.367 e. The molecule has 1 aliphatic heterocycles. The zero-order valence-corrected chi connectivity index (χ0v) is 17.7. The fourth-order valence-electron chi connectivity index (χ4n) is 3.36. The number of benzene rings is 1. The fourth-order valence-corrected chi connectivity index (χ4v) is 3.92. The van der Waals surface area contributed by atoms with Gasteiger partial charge in [-0.15, -0.1) is 0 Å². The number of aromatic nitrogens is 3. The number of sulfonamides is 1. The van der Waals surface area contributed by atoms with Gasteiger partial charge in [-0.2, -0.15) is 9.61 Å². The van der Waals surface area contributed by atoms with Gasteiger partial charge in [0, 0.05) is 28.9 Å². The Morgan fingerprint density at radius 3 is 2.69 bits per heavy atom. The van der Waals surface area contributed by atoms with Crippen LogP contribution in [-0.4, -0.2) is 47.3 Å². The van der Waals surface area contributed by atoms with E-state index in [1.165, 1.54) is 6.08 Å². The number of carbonyl (C=O) groups excluding carboxylic acids is 2. The maximum Gasteiger partial charge on any atom is 0.326 e. The third-order valence-electron chi connectivity index (χ3n) is 4.91. The first-order valence-electron chi connectivity index (χ1n) is 9.83. The number of hydrogen-bond donors (Lipinski definition) is 4. The van der Waals surface area contributed by atoms with Crippen molar-refractivity contribution in [3.8, 4) is 11.3 Å². The number of rotatable bonds is 6. The molecule has 3 amide bonds. The molecule has 2 aromatic heterocycles. The van der Waals surface area contributed by atoms with E-state index >= 15 is 0 Å². The molecule has 32 heavy (non-hydrogen) atoms. The van der Waals surface area contributed by atoms with Crippen LogP contribution in [0.3, 0.4) is 0 Å². The smallest absolute Gasteiger partial charge is 0.326 e. The van der Waals surface area contributed by atoms with Crippen LogP contribution in [0.15, 0.2) is 42.2 Å². The number of amides is 3. The van der Waals surface area contributed by atoms with E-state index in [0.29, 0.717) is 34.2 Å². The second kappa shape index (κ2) is 7.34. The van der Waals surface area contributed by atoms with Gasteiger partial charge in [-0.3, -0.25) is 14.8 Å². The topological polar surface area (TPSA) is 147 Å². The molecule has 3 heterocycles. The van der Waals surface area contributed by atoms with E-state index in [1.54, 1.807) is 28.9 Å².